The summed E-state index contributed by atoms with van der Waals surface area (Å²) >= 11 is 3.42. The summed E-state index contributed by atoms with van der Waals surface area (Å²) in [5.74, 6) is 0. The Balaban J connectivity index is -0.000000320. The van der Waals surface area contributed by atoms with E-state index in [-0.39, 0.29) is 18.6 Å². The van der Waals surface area contributed by atoms with Crippen molar-refractivity contribution in [2.45, 2.75) is 45.4 Å². The molecule has 0 heterocycles. The van der Waals surface area contributed by atoms with E-state index in [0.29, 0.717) is 0 Å². The Morgan fingerprint density at radius 3 is 1.82 bits per heavy atom. The third-order valence-corrected chi connectivity index (χ3v) is 2.05. The predicted molar refractivity (Wildman–Crippen MR) is 59.4 cm³/mol. The Kier molecular flexibility index (Phi) is 27.4. The van der Waals surface area contributed by atoms with Crippen LogP contribution in [0.3, 0.4) is 0 Å². The van der Waals surface area contributed by atoms with Crippen molar-refractivity contribution in [2.24, 2.45) is 0 Å². The number of hydrogen-bond acceptors (Lipinski definition) is 1. The van der Waals surface area contributed by atoms with E-state index < -0.39 is 0 Å². The quantitative estimate of drug-likeness (QED) is 0.550. The van der Waals surface area contributed by atoms with Gasteiger partial charge in [-0.1, -0.05) is 55.0 Å². The van der Waals surface area contributed by atoms with Crippen molar-refractivity contribution >= 4 is 28.3 Å². The third kappa shape index (κ3) is 18.1. The van der Waals surface area contributed by atoms with Gasteiger partial charge in [-0.15, -0.1) is 12.4 Å². The maximum Gasteiger partial charge on any atom is 0.00313 e. The fourth-order valence-electron chi connectivity index (χ4n) is 0.875. The highest BCUT2D eigenvalue weighted by molar-refractivity contribution is 9.09. The van der Waals surface area contributed by atoms with E-state index in [2.05, 4.69) is 22.9 Å². The van der Waals surface area contributed by atoms with Gasteiger partial charge in [-0.2, -0.15) is 0 Å². The molecule has 11 heavy (non-hydrogen) atoms. The number of alkyl halides is 1. The van der Waals surface area contributed by atoms with Crippen molar-refractivity contribution in [3.63, 3.8) is 0 Å². The third-order valence-electron chi connectivity index (χ3n) is 1.49. The fourth-order valence-corrected chi connectivity index (χ4v) is 1.27. The molecular formula is C8H21BrClN. The van der Waals surface area contributed by atoms with E-state index in [9.17, 15) is 0 Å². The van der Waals surface area contributed by atoms with Gasteiger partial charge in [0.1, 0.15) is 0 Å². The zero-order chi connectivity index (χ0) is 6.95. The molecule has 0 aromatic rings. The van der Waals surface area contributed by atoms with Crippen LogP contribution in [0, 0.1) is 0 Å². The van der Waals surface area contributed by atoms with Gasteiger partial charge < -0.3 is 6.15 Å². The van der Waals surface area contributed by atoms with Crippen molar-refractivity contribution in [1.82, 2.24) is 6.15 Å². The SMILES string of the molecule is CCCCCCCCBr.Cl.N. The molecule has 72 valence electrons. The molecule has 0 amide bonds. The van der Waals surface area contributed by atoms with E-state index in [1.165, 1.54) is 43.9 Å². The molecule has 3 heteroatoms. The van der Waals surface area contributed by atoms with Crippen LogP contribution in [0.2, 0.25) is 0 Å². The van der Waals surface area contributed by atoms with E-state index in [1.54, 1.807) is 0 Å². The zero-order valence-electron chi connectivity index (χ0n) is 7.44. The predicted octanol–water partition coefficient (Wildman–Crippen LogP) is 4.33. The molecule has 0 aliphatic heterocycles. The molecule has 3 N–H and O–H groups in total. The summed E-state index contributed by atoms with van der Waals surface area (Å²) in [6.45, 7) is 2.25. The van der Waals surface area contributed by atoms with Crippen LogP contribution in [-0.2, 0) is 0 Å². The lowest BCUT2D eigenvalue weighted by Gasteiger charge is -1.95. The van der Waals surface area contributed by atoms with Crippen LogP contribution in [0.5, 0.6) is 0 Å². The Hall–Kier alpha value is 0.730. The highest BCUT2D eigenvalue weighted by atomic mass is 79.9. The lowest BCUT2D eigenvalue weighted by molar-refractivity contribution is 0.628. The van der Waals surface area contributed by atoms with Crippen LogP contribution in [0.25, 0.3) is 0 Å². The zero-order valence-corrected chi connectivity index (χ0v) is 9.85. The van der Waals surface area contributed by atoms with Gasteiger partial charge in [-0.25, -0.2) is 0 Å². The number of hydrogen-bond donors (Lipinski definition) is 1. The maximum atomic E-state index is 3.42. The van der Waals surface area contributed by atoms with Crippen molar-refractivity contribution < 1.29 is 0 Å². The standard InChI is InChI=1S/C8H17Br.ClH.H3N/c1-2-3-4-5-6-7-8-9;;/h2-8H2,1H3;1H;1H3. The molecule has 0 saturated carbocycles. The summed E-state index contributed by atoms with van der Waals surface area (Å²) in [7, 11) is 0. The smallest absolute Gasteiger partial charge is 0.00313 e. The summed E-state index contributed by atoms with van der Waals surface area (Å²) in [6, 6.07) is 0. The van der Waals surface area contributed by atoms with Crippen LogP contribution in [-0.4, -0.2) is 5.33 Å². The minimum Gasteiger partial charge on any atom is -0.344 e. The van der Waals surface area contributed by atoms with Gasteiger partial charge in [0.05, 0.1) is 0 Å². The second kappa shape index (κ2) is 17.0. The molecule has 0 radical (unpaired) electrons. The van der Waals surface area contributed by atoms with Crippen LogP contribution >= 0.6 is 28.3 Å². The average Bonchev–Trinajstić information content (AvgIpc) is 1.89. The lowest BCUT2D eigenvalue weighted by Crippen LogP contribution is -1.78. The first-order valence-corrected chi connectivity index (χ1v) is 5.10. The molecule has 1 nitrogen and oxygen atoms in total. The van der Waals surface area contributed by atoms with Crippen LogP contribution in [0.1, 0.15) is 45.4 Å². The Morgan fingerprint density at radius 2 is 1.36 bits per heavy atom. The Labute approximate surface area is 85.5 Å². The highest BCUT2D eigenvalue weighted by Gasteiger charge is 1.86. The van der Waals surface area contributed by atoms with Gasteiger partial charge in [0.25, 0.3) is 0 Å². The molecular weight excluding hydrogens is 225 g/mol. The second-order valence-corrected chi connectivity index (χ2v) is 3.25. The first-order chi connectivity index (χ1) is 4.41. The molecule has 0 bridgehead atoms. The van der Waals surface area contributed by atoms with Crippen molar-refractivity contribution in [2.75, 3.05) is 5.33 Å². The van der Waals surface area contributed by atoms with Crippen molar-refractivity contribution in [3.8, 4) is 0 Å². The topological polar surface area (TPSA) is 35.0 Å². The maximum absolute atomic E-state index is 3.42. The van der Waals surface area contributed by atoms with Crippen LogP contribution < -0.4 is 6.15 Å². The Bertz CT molecular complexity index is 47.4. The molecule has 0 aliphatic carbocycles. The monoisotopic (exact) mass is 245 g/mol. The summed E-state index contributed by atoms with van der Waals surface area (Å²) in [5, 5.41) is 1.18. The minimum atomic E-state index is 0. The average molecular weight is 247 g/mol. The van der Waals surface area contributed by atoms with Gasteiger partial charge >= 0.3 is 0 Å². The van der Waals surface area contributed by atoms with E-state index in [4.69, 9.17) is 0 Å². The molecule has 0 aliphatic rings. The molecule has 0 saturated heterocycles. The molecule has 0 aromatic heterocycles. The first kappa shape index (κ1) is 17.7. The van der Waals surface area contributed by atoms with Gasteiger partial charge in [0.15, 0.2) is 0 Å². The first-order valence-electron chi connectivity index (χ1n) is 3.97. The van der Waals surface area contributed by atoms with Gasteiger partial charge in [-0.05, 0) is 6.42 Å². The van der Waals surface area contributed by atoms with Crippen molar-refractivity contribution in [1.29, 1.82) is 0 Å². The summed E-state index contributed by atoms with van der Waals surface area (Å²) < 4.78 is 0. The summed E-state index contributed by atoms with van der Waals surface area (Å²) in [4.78, 5) is 0. The van der Waals surface area contributed by atoms with Gasteiger partial charge in [-0.3, -0.25) is 0 Å². The number of halogens is 2. The fraction of sp³-hybridized carbons (Fsp3) is 1.00. The molecule has 0 atom stereocenters. The molecule has 0 spiro atoms. The molecule has 0 fully saturated rings. The molecule has 0 unspecified atom stereocenters. The summed E-state index contributed by atoms with van der Waals surface area (Å²) in [5.41, 5.74) is 0. The van der Waals surface area contributed by atoms with E-state index in [0.717, 1.165) is 0 Å². The number of rotatable bonds is 6. The lowest BCUT2D eigenvalue weighted by atomic mass is 10.1. The Morgan fingerprint density at radius 1 is 0.909 bits per heavy atom. The summed E-state index contributed by atoms with van der Waals surface area (Å²) in [6.07, 6.45) is 8.40. The minimum absolute atomic E-state index is 0. The van der Waals surface area contributed by atoms with Crippen molar-refractivity contribution in [3.05, 3.63) is 0 Å². The van der Waals surface area contributed by atoms with E-state index >= 15 is 0 Å². The normalized spacial score (nSPS) is 8.18. The van der Waals surface area contributed by atoms with E-state index in [1.807, 2.05) is 0 Å². The van der Waals surface area contributed by atoms with Crippen LogP contribution in [0.4, 0.5) is 0 Å². The van der Waals surface area contributed by atoms with Crippen LogP contribution in [0.15, 0.2) is 0 Å². The second-order valence-electron chi connectivity index (χ2n) is 2.46. The molecule has 0 rings (SSSR count). The molecule has 0 aromatic carbocycles. The van der Waals surface area contributed by atoms with Gasteiger partial charge in [0, 0.05) is 5.33 Å². The number of unbranched alkanes of at least 4 members (excludes halogenated alkanes) is 5. The highest BCUT2D eigenvalue weighted by Crippen LogP contribution is 2.05. The van der Waals surface area contributed by atoms with Gasteiger partial charge in [0.2, 0.25) is 0 Å². The largest absolute Gasteiger partial charge is 0.344 e.